The summed E-state index contributed by atoms with van der Waals surface area (Å²) in [5.41, 5.74) is 3.05. The molecule has 0 radical (unpaired) electrons. The Morgan fingerprint density at radius 2 is 1.65 bits per heavy atom. The summed E-state index contributed by atoms with van der Waals surface area (Å²) in [5.74, 6) is -0.0439. The Labute approximate surface area is 138 Å². The molecule has 1 unspecified atom stereocenters. The van der Waals surface area contributed by atoms with Gasteiger partial charge in [0.25, 0.3) is 5.91 Å². The highest BCUT2D eigenvalue weighted by Crippen LogP contribution is 2.50. The van der Waals surface area contributed by atoms with E-state index in [4.69, 9.17) is 0 Å². The fraction of sp³-hybridized carbons (Fsp3) is 0.286. The van der Waals surface area contributed by atoms with E-state index in [2.05, 4.69) is 63.7 Å². The lowest BCUT2D eigenvalue weighted by atomic mass is 9.65. The van der Waals surface area contributed by atoms with Gasteiger partial charge >= 0.3 is 0 Å². The topological polar surface area (TPSA) is 20.3 Å². The van der Waals surface area contributed by atoms with Gasteiger partial charge in [-0.15, -0.1) is 0 Å². The van der Waals surface area contributed by atoms with Gasteiger partial charge in [0.05, 0.1) is 0 Å². The van der Waals surface area contributed by atoms with Gasteiger partial charge in [-0.1, -0.05) is 62.0 Å². The van der Waals surface area contributed by atoms with Crippen molar-refractivity contribution in [2.75, 3.05) is 4.90 Å². The van der Waals surface area contributed by atoms with Crippen LogP contribution in [0, 0.1) is 0 Å². The number of rotatable bonds is 2. The average Bonchev–Trinajstić information content (AvgIpc) is 2.54. The molecule has 0 aromatic heterocycles. The van der Waals surface area contributed by atoms with Crippen molar-refractivity contribution in [1.29, 1.82) is 0 Å². The van der Waals surface area contributed by atoms with Crippen molar-refractivity contribution in [1.82, 2.24) is 0 Å². The molecular formula is C21H23NO. The van der Waals surface area contributed by atoms with Gasteiger partial charge in [0, 0.05) is 16.6 Å². The monoisotopic (exact) mass is 305 g/mol. The number of benzene rings is 2. The van der Waals surface area contributed by atoms with Gasteiger partial charge in [0.15, 0.2) is 0 Å². The zero-order valence-electron chi connectivity index (χ0n) is 14.0. The van der Waals surface area contributed by atoms with Crippen LogP contribution in [0.15, 0.2) is 67.3 Å². The quantitative estimate of drug-likeness (QED) is 0.737. The Balaban J connectivity index is 2.26. The second-order valence-electron chi connectivity index (χ2n) is 7.08. The fourth-order valence-corrected chi connectivity index (χ4v) is 4.07. The van der Waals surface area contributed by atoms with Crippen LogP contribution in [0.5, 0.6) is 0 Å². The molecule has 118 valence electrons. The molecule has 1 aliphatic rings. The van der Waals surface area contributed by atoms with E-state index < -0.39 is 0 Å². The number of amides is 1. The lowest BCUT2D eigenvalue weighted by molar-refractivity contribution is -0.115. The Kier molecular flexibility index (Phi) is 3.63. The number of anilines is 1. The molecule has 0 aliphatic carbocycles. The van der Waals surface area contributed by atoms with Crippen molar-refractivity contribution in [3.63, 3.8) is 0 Å². The maximum Gasteiger partial charge on any atom is 0.250 e. The lowest BCUT2D eigenvalue weighted by Gasteiger charge is -2.51. The van der Waals surface area contributed by atoms with Crippen LogP contribution in [-0.2, 0) is 10.2 Å². The maximum atomic E-state index is 12.5. The largest absolute Gasteiger partial charge is 0.303 e. The molecule has 1 atom stereocenters. The lowest BCUT2D eigenvalue weighted by Crippen LogP contribution is -2.55. The molecule has 2 heteroatoms. The summed E-state index contributed by atoms with van der Waals surface area (Å²) in [7, 11) is 0. The number of carbonyl (C=O) groups is 1. The first-order chi connectivity index (χ1) is 10.9. The van der Waals surface area contributed by atoms with Crippen LogP contribution in [0.25, 0.3) is 0 Å². The van der Waals surface area contributed by atoms with Crippen molar-refractivity contribution in [2.45, 2.75) is 38.1 Å². The molecule has 3 rings (SSSR count). The molecule has 23 heavy (non-hydrogen) atoms. The fourth-order valence-electron chi connectivity index (χ4n) is 4.07. The Bertz CT molecular complexity index is 747. The normalized spacial score (nSPS) is 22.3. The number of hydrogen-bond acceptors (Lipinski definition) is 1. The number of carbonyl (C=O) groups excluding carboxylic acids is 1. The van der Waals surface area contributed by atoms with E-state index in [-0.39, 0.29) is 16.9 Å². The highest BCUT2D eigenvalue weighted by Gasteiger charge is 2.46. The minimum Gasteiger partial charge on any atom is -0.303 e. The van der Waals surface area contributed by atoms with Gasteiger partial charge in [-0.05, 0) is 43.5 Å². The third kappa shape index (κ3) is 2.39. The van der Waals surface area contributed by atoms with Gasteiger partial charge < -0.3 is 4.90 Å². The molecule has 1 aliphatic heterocycles. The van der Waals surface area contributed by atoms with Gasteiger partial charge in [0.1, 0.15) is 0 Å². The first kappa shape index (κ1) is 15.5. The minimum absolute atomic E-state index is 0.0439. The van der Waals surface area contributed by atoms with E-state index in [0.29, 0.717) is 0 Å². The van der Waals surface area contributed by atoms with Gasteiger partial charge in [-0.2, -0.15) is 0 Å². The van der Waals surface area contributed by atoms with E-state index in [1.807, 2.05) is 23.1 Å². The Morgan fingerprint density at radius 3 is 2.30 bits per heavy atom. The van der Waals surface area contributed by atoms with Crippen LogP contribution in [-0.4, -0.2) is 11.4 Å². The molecule has 0 saturated heterocycles. The first-order valence-electron chi connectivity index (χ1n) is 8.02. The zero-order valence-corrected chi connectivity index (χ0v) is 14.0. The summed E-state index contributed by atoms with van der Waals surface area (Å²) in [6.07, 6.45) is 2.27. The van der Waals surface area contributed by atoms with Crippen LogP contribution in [0.4, 0.5) is 5.69 Å². The molecule has 0 N–H and O–H groups in total. The van der Waals surface area contributed by atoms with Crippen molar-refractivity contribution >= 4 is 11.6 Å². The van der Waals surface area contributed by atoms with E-state index in [0.717, 1.165) is 12.1 Å². The maximum absolute atomic E-state index is 12.5. The van der Waals surface area contributed by atoms with Crippen LogP contribution in [0.2, 0.25) is 0 Å². The molecule has 2 aromatic carbocycles. The molecule has 0 spiro atoms. The van der Waals surface area contributed by atoms with Crippen LogP contribution < -0.4 is 4.90 Å². The third-order valence-corrected chi connectivity index (χ3v) is 4.94. The number of hydrogen-bond donors (Lipinski definition) is 0. The Morgan fingerprint density at radius 1 is 1.04 bits per heavy atom. The SMILES string of the molecule is C=CC(=O)N1c2ccccc2C(C)(c2ccccc2)CC1(C)C. The highest BCUT2D eigenvalue weighted by atomic mass is 16.2. The number of para-hydroxylation sites is 1. The van der Waals surface area contributed by atoms with E-state index in [1.54, 1.807) is 0 Å². The summed E-state index contributed by atoms with van der Waals surface area (Å²) in [5, 5.41) is 0. The van der Waals surface area contributed by atoms with Gasteiger partial charge in [0.2, 0.25) is 0 Å². The summed E-state index contributed by atoms with van der Waals surface area (Å²) in [4.78, 5) is 14.4. The molecule has 2 nitrogen and oxygen atoms in total. The standard InChI is InChI=1S/C21H23NO/c1-5-19(23)22-18-14-10-9-13-17(18)21(4,15-20(22,2)3)16-11-7-6-8-12-16/h5-14H,1,15H2,2-4H3. The summed E-state index contributed by atoms with van der Waals surface area (Å²) in [6, 6.07) is 18.8. The van der Waals surface area contributed by atoms with Crippen LogP contribution in [0.3, 0.4) is 0 Å². The molecule has 1 amide bonds. The van der Waals surface area contributed by atoms with Crippen LogP contribution in [0.1, 0.15) is 38.3 Å². The first-order valence-corrected chi connectivity index (χ1v) is 8.02. The van der Waals surface area contributed by atoms with Crippen LogP contribution >= 0.6 is 0 Å². The third-order valence-electron chi connectivity index (χ3n) is 4.94. The van der Waals surface area contributed by atoms with E-state index >= 15 is 0 Å². The number of fused-ring (bicyclic) bond motifs is 1. The molecule has 0 bridgehead atoms. The second kappa shape index (κ2) is 5.38. The number of nitrogens with zero attached hydrogens (tertiary/aromatic N) is 1. The van der Waals surface area contributed by atoms with Crippen molar-refractivity contribution in [3.05, 3.63) is 78.4 Å². The average molecular weight is 305 g/mol. The Hall–Kier alpha value is -2.35. The minimum atomic E-state index is -0.287. The molecular weight excluding hydrogens is 282 g/mol. The molecule has 1 heterocycles. The van der Waals surface area contributed by atoms with Crippen molar-refractivity contribution in [3.8, 4) is 0 Å². The predicted octanol–water partition coefficient (Wildman–Crippen LogP) is 4.69. The zero-order chi connectivity index (χ0) is 16.7. The van der Waals surface area contributed by atoms with Crippen molar-refractivity contribution in [2.24, 2.45) is 0 Å². The van der Waals surface area contributed by atoms with Gasteiger partial charge in [-0.3, -0.25) is 4.79 Å². The van der Waals surface area contributed by atoms with E-state index in [9.17, 15) is 4.79 Å². The molecule has 0 fully saturated rings. The molecule has 0 saturated carbocycles. The summed E-state index contributed by atoms with van der Waals surface area (Å²) in [6.45, 7) is 10.2. The second-order valence-corrected chi connectivity index (χ2v) is 7.08. The highest BCUT2D eigenvalue weighted by molar-refractivity contribution is 6.03. The molecule has 2 aromatic rings. The van der Waals surface area contributed by atoms with Crippen molar-refractivity contribution < 1.29 is 4.79 Å². The van der Waals surface area contributed by atoms with Gasteiger partial charge in [-0.25, -0.2) is 0 Å². The summed E-state index contributed by atoms with van der Waals surface area (Å²) >= 11 is 0. The van der Waals surface area contributed by atoms with E-state index in [1.165, 1.54) is 17.2 Å². The predicted molar refractivity (Wildman–Crippen MR) is 95.7 cm³/mol. The smallest absolute Gasteiger partial charge is 0.250 e. The summed E-state index contributed by atoms with van der Waals surface area (Å²) < 4.78 is 0.